The molecule has 0 aliphatic carbocycles. The molecule has 0 heterocycles. The smallest absolute Gasteiger partial charge is 0.142 e. The number of methoxy groups -OCH3 is 1. The lowest BCUT2D eigenvalue weighted by Crippen LogP contribution is -2.25. The fourth-order valence-corrected chi connectivity index (χ4v) is 2.22. The van der Waals surface area contributed by atoms with E-state index in [4.69, 9.17) is 16.3 Å². The number of halogens is 1. The molecule has 3 nitrogen and oxygen atoms in total. The van der Waals surface area contributed by atoms with Crippen molar-refractivity contribution in [1.82, 2.24) is 0 Å². The van der Waals surface area contributed by atoms with E-state index in [1.54, 1.807) is 7.11 Å². The van der Waals surface area contributed by atoms with Crippen molar-refractivity contribution in [2.45, 2.75) is 0 Å². The molecule has 20 heavy (non-hydrogen) atoms. The average Bonchev–Trinajstić information content (AvgIpc) is 2.47. The van der Waals surface area contributed by atoms with Crippen LogP contribution in [0.3, 0.4) is 0 Å². The van der Waals surface area contributed by atoms with Crippen LogP contribution in [-0.2, 0) is 0 Å². The summed E-state index contributed by atoms with van der Waals surface area (Å²) in [7, 11) is 3.74. The highest BCUT2D eigenvalue weighted by atomic mass is 35.5. The molecule has 0 radical (unpaired) electrons. The Labute approximate surface area is 125 Å². The Kier molecular flexibility index (Phi) is 5.13. The first-order valence-corrected chi connectivity index (χ1v) is 6.92. The van der Waals surface area contributed by atoms with Crippen LogP contribution in [0.1, 0.15) is 0 Å². The molecule has 0 aliphatic heterocycles. The summed E-state index contributed by atoms with van der Waals surface area (Å²) in [5.41, 5.74) is 2.12. The van der Waals surface area contributed by atoms with E-state index >= 15 is 0 Å². The predicted molar refractivity (Wildman–Crippen MR) is 86.2 cm³/mol. The SMILES string of the molecule is COc1ccccc1N(C)CCNc1cccc(Cl)c1. The van der Waals surface area contributed by atoms with Crippen molar-refractivity contribution < 1.29 is 4.74 Å². The zero-order valence-electron chi connectivity index (χ0n) is 11.8. The average molecular weight is 291 g/mol. The number of anilines is 2. The second-order valence-corrected chi connectivity index (χ2v) is 4.97. The number of benzene rings is 2. The molecule has 0 saturated heterocycles. The fraction of sp³-hybridized carbons (Fsp3) is 0.250. The molecule has 0 bridgehead atoms. The van der Waals surface area contributed by atoms with E-state index in [-0.39, 0.29) is 0 Å². The van der Waals surface area contributed by atoms with Crippen LogP contribution in [0, 0.1) is 0 Å². The number of hydrogen-bond donors (Lipinski definition) is 1. The summed E-state index contributed by atoms with van der Waals surface area (Å²) in [4.78, 5) is 2.16. The van der Waals surface area contributed by atoms with Gasteiger partial charge in [0.1, 0.15) is 5.75 Å². The lowest BCUT2D eigenvalue weighted by Gasteiger charge is -2.22. The molecule has 0 aromatic heterocycles. The molecule has 0 fully saturated rings. The summed E-state index contributed by atoms with van der Waals surface area (Å²) in [6, 6.07) is 15.7. The molecule has 0 spiro atoms. The van der Waals surface area contributed by atoms with Crippen LogP contribution < -0.4 is 15.0 Å². The van der Waals surface area contributed by atoms with Gasteiger partial charge in [0, 0.05) is 30.8 Å². The zero-order chi connectivity index (χ0) is 14.4. The summed E-state index contributed by atoms with van der Waals surface area (Å²) >= 11 is 5.95. The van der Waals surface area contributed by atoms with Gasteiger partial charge < -0.3 is 15.0 Å². The second kappa shape index (κ2) is 7.06. The Morgan fingerprint density at radius 1 is 1.15 bits per heavy atom. The van der Waals surface area contributed by atoms with Crippen molar-refractivity contribution in [2.75, 3.05) is 37.5 Å². The molecule has 1 N–H and O–H groups in total. The van der Waals surface area contributed by atoms with Gasteiger partial charge in [-0.05, 0) is 30.3 Å². The monoisotopic (exact) mass is 290 g/mol. The number of ether oxygens (including phenoxy) is 1. The highest BCUT2D eigenvalue weighted by Crippen LogP contribution is 2.26. The first-order valence-electron chi connectivity index (χ1n) is 6.54. The van der Waals surface area contributed by atoms with Crippen molar-refractivity contribution in [2.24, 2.45) is 0 Å². The van der Waals surface area contributed by atoms with E-state index in [0.717, 1.165) is 35.2 Å². The number of nitrogens with zero attached hydrogens (tertiary/aromatic N) is 1. The third kappa shape index (κ3) is 3.81. The minimum absolute atomic E-state index is 0.744. The van der Waals surface area contributed by atoms with Crippen molar-refractivity contribution >= 4 is 23.0 Å². The number of likely N-dealkylation sites (N-methyl/N-ethyl adjacent to an activating group) is 1. The van der Waals surface area contributed by atoms with Crippen LogP contribution >= 0.6 is 11.6 Å². The van der Waals surface area contributed by atoms with Gasteiger partial charge in [-0.25, -0.2) is 0 Å². The molecule has 2 aromatic carbocycles. The maximum atomic E-state index is 5.95. The van der Waals surface area contributed by atoms with Crippen molar-refractivity contribution in [3.8, 4) is 5.75 Å². The molecule has 0 unspecified atom stereocenters. The largest absolute Gasteiger partial charge is 0.495 e. The predicted octanol–water partition coefficient (Wildman–Crippen LogP) is 3.90. The first kappa shape index (κ1) is 14.5. The van der Waals surface area contributed by atoms with Gasteiger partial charge in [-0.3, -0.25) is 0 Å². The highest BCUT2D eigenvalue weighted by molar-refractivity contribution is 6.30. The Hall–Kier alpha value is -1.87. The maximum Gasteiger partial charge on any atom is 0.142 e. The van der Waals surface area contributed by atoms with Crippen molar-refractivity contribution in [1.29, 1.82) is 0 Å². The van der Waals surface area contributed by atoms with Gasteiger partial charge in [0.25, 0.3) is 0 Å². The van der Waals surface area contributed by atoms with Crippen molar-refractivity contribution in [3.05, 3.63) is 53.6 Å². The molecular formula is C16H19ClN2O. The normalized spacial score (nSPS) is 10.2. The minimum Gasteiger partial charge on any atom is -0.495 e. The molecular weight excluding hydrogens is 272 g/mol. The van der Waals surface area contributed by atoms with Gasteiger partial charge in [-0.15, -0.1) is 0 Å². The number of para-hydroxylation sites is 2. The Balaban J connectivity index is 1.90. The van der Waals surface area contributed by atoms with Crippen LogP contribution in [-0.4, -0.2) is 27.2 Å². The van der Waals surface area contributed by atoms with Gasteiger partial charge in [-0.2, -0.15) is 0 Å². The first-order chi connectivity index (χ1) is 9.70. The third-order valence-corrected chi connectivity index (χ3v) is 3.33. The van der Waals surface area contributed by atoms with E-state index in [9.17, 15) is 0 Å². The van der Waals surface area contributed by atoms with E-state index in [1.807, 2.05) is 42.5 Å². The van der Waals surface area contributed by atoms with E-state index in [0.29, 0.717) is 0 Å². The Morgan fingerprint density at radius 2 is 1.95 bits per heavy atom. The molecule has 0 amide bonds. The lowest BCUT2D eigenvalue weighted by atomic mass is 10.2. The van der Waals surface area contributed by atoms with Crippen LogP contribution in [0.5, 0.6) is 5.75 Å². The van der Waals surface area contributed by atoms with Gasteiger partial charge in [-0.1, -0.05) is 29.8 Å². The Bertz CT molecular complexity index is 560. The van der Waals surface area contributed by atoms with E-state index < -0.39 is 0 Å². The van der Waals surface area contributed by atoms with E-state index in [2.05, 4.69) is 23.3 Å². The zero-order valence-corrected chi connectivity index (χ0v) is 12.5. The number of hydrogen-bond acceptors (Lipinski definition) is 3. The topological polar surface area (TPSA) is 24.5 Å². The minimum atomic E-state index is 0.744. The van der Waals surface area contributed by atoms with Crippen LogP contribution in [0.25, 0.3) is 0 Å². The van der Waals surface area contributed by atoms with E-state index in [1.165, 1.54) is 0 Å². The summed E-state index contributed by atoms with van der Waals surface area (Å²) in [5.74, 6) is 0.887. The summed E-state index contributed by atoms with van der Waals surface area (Å²) in [5, 5.41) is 4.10. The summed E-state index contributed by atoms with van der Waals surface area (Å²) in [6.45, 7) is 1.70. The third-order valence-electron chi connectivity index (χ3n) is 3.10. The van der Waals surface area contributed by atoms with Gasteiger partial charge in [0.15, 0.2) is 0 Å². The molecule has 4 heteroatoms. The molecule has 2 aromatic rings. The second-order valence-electron chi connectivity index (χ2n) is 4.53. The van der Waals surface area contributed by atoms with Gasteiger partial charge >= 0.3 is 0 Å². The number of nitrogens with one attached hydrogen (secondary N) is 1. The summed E-state index contributed by atoms with van der Waals surface area (Å²) < 4.78 is 5.37. The fourth-order valence-electron chi connectivity index (χ4n) is 2.03. The molecule has 0 atom stereocenters. The Morgan fingerprint density at radius 3 is 2.70 bits per heavy atom. The van der Waals surface area contributed by atoms with Crippen LogP contribution in [0.15, 0.2) is 48.5 Å². The van der Waals surface area contributed by atoms with Crippen LogP contribution in [0.4, 0.5) is 11.4 Å². The molecule has 106 valence electrons. The van der Waals surface area contributed by atoms with Crippen molar-refractivity contribution in [3.63, 3.8) is 0 Å². The number of rotatable bonds is 6. The quantitative estimate of drug-likeness (QED) is 0.873. The lowest BCUT2D eigenvalue weighted by molar-refractivity contribution is 0.415. The maximum absolute atomic E-state index is 5.95. The highest BCUT2D eigenvalue weighted by Gasteiger charge is 2.06. The van der Waals surface area contributed by atoms with Gasteiger partial charge in [0.05, 0.1) is 12.8 Å². The van der Waals surface area contributed by atoms with Gasteiger partial charge in [0.2, 0.25) is 0 Å². The van der Waals surface area contributed by atoms with Crippen LogP contribution in [0.2, 0.25) is 5.02 Å². The molecule has 0 saturated carbocycles. The molecule has 2 rings (SSSR count). The standard InChI is InChI=1S/C16H19ClN2O/c1-19(15-8-3-4-9-16(15)20-2)11-10-18-14-7-5-6-13(17)12-14/h3-9,12,18H,10-11H2,1-2H3. The molecule has 0 aliphatic rings. The summed E-state index contributed by atoms with van der Waals surface area (Å²) in [6.07, 6.45) is 0.